The molecule has 0 aliphatic carbocycles. The average molecular weight is 290 g/mol. The summed E-state index contributed by atoms with van der Waals surface area (Å²) in [5.41, 5.74) is 1.12. The van der Waals surface area contributed by atoms with E-state index in [1.807, 2.05) is 31.2 Å². The van der Waals surface area contributed by atoms with Gasteiger partial charge in [-0.15, -0.1) is 0 Å². The molecule has 1 saturated heterocycles. The normalized spacial score (nSPS) is 18.0. The molecule has 116 valence electrons. The van der Waals surface area contributed by atoms with Gasteiger partial charge in [-0.25, -0.2) is 0 Å². The minimum Gasteiger partial charge on any atom is -0.497 e. The number of nitrogens with one attached hydrogen (secondary N) is 2. The predicted octanol–water partition coefficient (Wildman–Crippen LogP) is 2.36. The van der Waals surface area contributed by atoms with E-state index in [1.165, 1.54) is 0 Å². The van der Waals surface area contributed by atoms with E-state index in [2.05, 4.69) is 24.5 Å². The van der Waals surface area contributed by atoms with E-state index in [0.717, 1.165) is 24.4 Å². The minimum absolute atomic E-state index is 0.0406. The summed E-state index contributed by atoms with van der Waals surface area (Å²) in [5.74, 6) is 1.85. The van der Waals surface area contributed by atoms with Gasteiger partial charge in [0.15, 0.2) is 0 Å². The number of hydrogen-bond acceptors (Lipinski definition) is 3. The largest absolute Gasteiger partial charge is 0.497 e. The zero-order valence-corrected chi connectivity index (χ0v) is 13.3. The van der Waals surface area contributed by atoms with Gasteiger partial charge in [-0.05, 0) is 42.6 Å². The lowest BCUT2D eigenvalue weighted by molar-refractivity contribution is -0.127. The van der Waals surface area contributed by atoms with Gasteiger partial charge in [-0.2, -0.15) is 0 Å². The Kier molecular flexibility index (Phi) is 5.23. The fraction of sp³-hybridized carbons (Fsp3) is 0.588. The standard InChI is InChI=1S/C17H26N2O2/c1-11(2)16(13-5-7-15(21-4)8-6-13)19-17(20)12(3)14-9-18-10-14/h5-8,11-12,14,16,18H,9-10H2,1-4H3,(H,19,20). The summed E-state index contributed by atoms with van der Waals surface area (Å²) in [6.45, 7) is 8.18. The predicted molar refractivity (Wildman–Crippen MR) is 84.2 cm³/mol. The number of methoxy groups -OCH3 is 1. The second-order valence-electron chi connectivity index (χ2n) is 6.21. The highest BCUT2D eigenvalue weighted by molar-refractivity contribution is 5.79. The number of carbonyl (C=O) groups excluding carboxylic acids is 1. The highest BCUT2D eigenvalue weighted by atomic mass is 16.5. The summed E-state index contributed by atoms with van der Waals surface area (Å²) in [6.07, 6.45) is 0. The van der Waals surface area contributed by atoms with Crippen molar-refractivity contribution in [3.8, 4) is 5.75 Å². The molecule has 2 N–H and O–H groups in total. The van der Waals surface area contributed by atoms with Crippen LogP contribution in [0.1, 0.15) is 32.4 Å². The first-order chi connectivity index (χ1) is 10.0. The van der Waals surface area contributed by atoms with Crippen molar-refractivity contribution in [1.82, 2.24) is 10.6 Å². The molecule has 1 aromatic carbocycles. The van der Waals surface area contributed by atoms with E-state index < -0.39 is 0 Å². The van der Waals surface area contributed by atoms with Gasteiger partial charge < -0.3 is 15.4 Å². The number of ether oxygens (including phenoxy) is 1. The van der Waals surface area contributed by atoms with Crippen LogP contribution in [0.2, 0.25) is 0 Å². The van der Waals surface area contributed by atoms with Crippen LogP contribution in [0.5, 0.6) is 5.75 Å². The maximum atomic E-state index is 12.4. The van der Waals surface area contributed by atoms with Crippen LogP contribution in [0.25, 0.3) is 0 Å². The zero-order valence-electron chi connectivity index (χ0n) is 13.3. The third-order valence-corrected chi connectivity index (χ3v) is 4.37. The fourth-order valence-electron chi connectivity index (χ4n) is 2.61. The first-order valence-electron chi connectivity index (χ1n) is 7.68. The molecule has 0 saturated carbocycles. The van der Waals surface area contributed by atoms with Gasteiger partial charge in [0.2, 0.25) is 5.91 Å². The molecule has 1 heterocycles. The van der Waals surface area contributed by atoms with Crippen molar-refractivity contribution < 1.29 is 9.53 Å². The Morgan fingerprint density at radius 2 is 1.86 bits per heavy atom. The zero-order chi connectivity index (χ0) is 15.4. The van der Waals surface area contributed by atoms with E-state index >= 15 is 0 Å². The lowest BCUT2D eigenvalue weighted by Gasteiger charge is -2.33. The summed E-state index contributed by atoms with van der Waals surface area (Å²) >= 11 is 0. The number of benzene rings is 1. The maximum Gasteiger partial charge on any atom is 0.223 e. The molecular formula is C17H26N2O2. The molecule has 4 heteroatoms. The molecule has 0 bridgehead atoms. The van der Waals surface area contributed by atoms with Crippen LogP contribution in [-0.4, -0.2) is 26.1 Å². The Morgan fingerprint density at radius 1 is 1.24 bits per heavy atom. The maximum absolute atomic E-state index is 12.4. The molecule has 0 radical (unpaired) electrons. The van der Waals surface area contributed by atoms with Crippen LogP contribution in [0, 0.1) is 17.8 Å². The Morgan fingerprint density at radius 3 is 2.29 bits per heavy atom. The smallest absolute Gasteiger partial charge is 0.223 e. The molecular weight excluding hydrogens is 264 g/mol. The van der Waals surface area contributed by atoms with Crippen LogP contribution in [0.4, 0.5) is 0 Å². The summed E-state index contributed by atoms with van der Waals surface area (Å²) in [4.78, 5) is 12.4. The first kappa shape index (κ1) is 15.8. The van der Waals surface area contributed by atoms with E-state index in [4.69, 9.17) is 4.74 Å². The molecule has 21 heavy (non-hydrogen) atoms. The first-order valence-corrected chi connectivity index (χ1v) is 7.68. The summed E-state index contributed by atoms with van der Waals surface area (Å²) in [6, 6.07) is 7.98. The quantitative estimate of drug-likeness (QED) is 0.845. The summed E-state index contributed by atoms with van der Waals surface area (Å²) in [7, 11) is 1.66. The molecule has 2 unspecified atom stereocenters. The fourth-order valence-corrected chi connectivity index (χ4v) is 2.61. The average Bonchev–Trinajstić information content (AvgIpc) is 2.42. The number of amides is 1. The number of rotatable bonds is 6. The van der Waals surface area contributed by atoms with Crippen molar-refractivity contribution in [2.75, 3.05) is 20.2 Å². The van der Waals surface area contributed by atoms with Crippen LogP contribution in [0.15, 0.2) is 24.3 Å². The Bertz CT molecular complexity index is 466. The Labute approximate surface area is 127 Å². The van der Waals surface area contributed by atoms with Gasteiger partial charge in [0.25, 0.3) is 0 Å². The molecule has 4 nitrogen and oxygen atoms in total. The lowest BCUT2D eigenvalue weighted by Crippen LogP contribution is -2.50. The van der Waals surface area contributed by atoms with E-state index in [-0.39, 0.29) is 17.9 Å². The lowest BCUT2D eigenvalue weighted by atomic mass is 9.87. The number of hydrogen-bond donors (Lipinski definition) is 2. The molecule has 2 atom stereocenters. The van der Waals surface area contributed by atoms with Gasteiger partial charge in [0, 0.05) is 5.92 Å². The molecule has 1 aliphatic heterocycles. The van der Waals surface area contributed by atoms with Crippen molar-refractivity contribution in [2.45, 2.75) is 26.8 Å². The molecule has 0 spiro atoms. The van der Waals surface area contributed by atoms with Crippen molar-refractivity contribution in [1.29, 1.82) is 0 Å². The molecule has 1 aliphatic rings. The van der Waals surface area contributed by atoms with E-state index in [9.17, 15) is 4.79 Å². The van der Waals surface area contributed by atoms with Crippen LogP contribution in [0.3, 0.4) is 0 Å². The van der Waals surface area contributed by atoms with Gasteiger partial charge in [0.1, 0.15) is 5.75 Å². The Hall–Kier alpha value is -1.55. The van der Waals surface area contributed by atoms with Crippen molar-refractivity contribution >= 4 is 5.91 Å². The monoisotopic (exact) mass is 290 g/mol. The van der Waals surface area contributed by atoms with Gasteiger partial charge in [-0.3, -0.25) is 4.79 Å². The van der Waals surface area contributed by atoms with Crippen molar-refractivity contribution in [3.63, 3.8) is 0 Å². The summed E-state index contributed by atoms with van der Waals surface area (Å²) in [5, 5.41) is 6.44. The van der Waals surface area contributed by atoms with Crippen molar-refractivity contribution in [3.05, 3.63) is 29.8 Å². The van der Waals surface area contributed by atoms with Crippen molar-refractivity contribution in [2.24, 2.45) is 17.8 Å². The minimum atomic E-state index is 0.0406. The van der Waals surface area contributed by atoms with E-state index in [0.29, 0.717) is 11.8 Å². The molecule has 1 amide bonds. The number of carbonyl (C=O) groups is 1. The van der Waals surface area contributed by atoms with Crippen LogP contribution >= 0.6 is 0 Å². The second-order valence-corrected chi connectivity index (χ2v) is 6.21. The van der Waals surface area contributed by atoms with Gasteiger partial charge in [-0.1, -0.05) is 32.9 Å². The molecule has 1 aromatic rings. The highest BCUT2D eigenvalue weighted by Gasteiger charge is 2.30. The van der Waals surface area contributed by atoms with Crippen LogP contribution < -0.4 is 15.4 Å². The SMILES string of the molecule is COc1ccc(C(NC(=O)C(C)C2CNC2)C(C)C)cc1. The van der Waals surface area contributed by atoms with Crippen LogP contribution in [-0.2, 0) is 4.79 Å². The van der Waals surface area contributed by atoms with E-state index in [1.54, 1.807) is 7.11 Å². The Balaban J connectivity index is 2.05. The summed E-state index contributed by atoms with van der Waals surface area (Å²) < 4.78 is 5.19. The second kappa shape index (κ2) is 6.94. The molecule has 0 aromatic heterocycles. The molecule has 1 fully saturated rings. The third-order valence-electron chi connectivity index (χ3n) is 4.37. The highest BCUT2D eigenvalue weighted by Crippen LogP contribution is 2.25. The third kappa shape index (κ3) is 3.76. The molecule has 2 rings (SSSR count). The van der Waals surface area contributed by atoms with Gasteiger partial charge >= 0.3 is 0 Å². The van der Waals surface area contributed by atoms with Gasteiger partial charge in [0.05, 0.1) is 13.2 Å². The topological polar surface area (TPSA) is 50.4 Å².